The molecule has 0 unspecified atom stereocenters. The fourth-order valence-electron chi connectivity index (χ4n) is 1.55. The van der Waals surface area contributed by atoms with E-state index in [9.17, 15) is 4.79 Å². The molecule has 1 saturated heterocycles. The summed E-state index contributed by atoms with van der Waals surface area (Å²) in [4.78, 5) is 11.0. The van der Waals surface area contributed by atoms with E-state index in [4.69, 9.17) is 27.9 Å². The quantitative estimate of drug-likeness (QED) is 0.855. The lowest BCUT2D eigenvalue weighted by molar-refractivity contribution is 0.115. The molecule has 1 N–H and O–H groups in total. The summed E-state index contributed by atoms with van der Waals surface area (Å²) in [5.74, 6) is 0. The van der Waals surface area contributed by atoms with Gasteiger partial charge in [-0.2, -0.15) is 0 Å². The first-order valence-corrected chi connectivity index (χ1v) is 5.30. The minimum Gasteiger partial charge on any atom is -0.449 e. The molecule has 0 saturated carbocycles. The van der Waals surface area contributed by atoms with Crippen molar-refractivity contribution in [3.8, 4) is 0 Å². The standard InChI is InChI=1S/C10H9Cl2NO2.ClH/c11-7-3-6(4-8(12)5-7)9-1-2-15-10(14)13-9;/h3-5,9H,1-2H2,(H,13,14);1H/t9-;/m1./s1. The number of ether oxygens (including phenoxy) is 1. The predicted molar refractivity (Wildman–Crippen MR) is 65.6 cm³/mol. The Balaban J connectivity index is 0.00000128. The van der Waals surface area contributed by atoms with Gasteiger partial charge in [0.1, 0.15) is 0 Å². The Morgan fingerprint density at radius 2 is 1.88 bits per heavy atom. The van der Waals surface area contributed by atoms with Crippen LogP contribution in [0.1, 0.15) is 18.0 Å². The monoisotopic (exact) mass is 281 g/mol. The minimum atomic E-state index is -0.401. The molecule has 88 valence electrons. The SMILES string of the molecule is Cl.O=C1N[C@@H](c2cc(Cl)cc(Cl)c2)CCO1. The highest BCUT2D eigenvalue weighted by Crippen LogP contribution is 2.26. The molecule has 1 aliphatic heterocycles. The van der Waals surface area contributed by atoms with Gasteiger partial charge in [-0.25, -0.2) is 4.79 Å². The van der Waals surface area contributed by atoms with E-state index in [1.54, 1.807) is 18.2 Å². The van der Waals surface area contributed by atoms with Crippen molar-refractivity contribution >= 4 is 41.7 Å². The van der Waals surface area contributed by atoms with Crippen LogP contribution in [-0.2, 0) is 4.74 Å². The van der Waals surface area contributed by atoms with Gasteiger partial charge in [-0.1, -0.05) is 23.2 Å². The number of rotatable bonds is 1. The second-order valence-corrected chi connectivity index (χ2v) is 4.20. The van der Waals surface area contributed by atoms with Crippen LogP contribution in [0.2, 0.25) is 10.0 Å². The van der Waals surface area contributed by atoms with Crippen molar-refractivity contribution in [2.45, 2.75) is 12.5 Å². The molecule has 1 amide bonds. The predicted octanol–water partition coefficient (Wildman–Crippen LogP) is 3.59. The Kier molecular flexibility index (Phi) is 4.71. The van der Waals surface area contributed by atoms with Crippen molar-refractivity contribution in [3.63, 3.8) is 0 Å². The average Bonchev–Trinajstić information content (AvgIpc) is 2.16. The maximum Gasteiger partial charge on any atom is 0.407 e. The summed E-state index contributed by atoms with van der Waals surface area (Å²) >= 11 is 11.8. The van der Waals surface area contributed by atoms with Crippen LogP contribution in [0.4, 0.5) is 4.79 Å². The molecule has 1 fully saturated rings. The van der Waals surface area contributed by atoms with Crippen LogP contribution in [-0.4, -0.2) is 12.7 Å². The number of hydrogen-bond donors (Lipinski definition) is 1. The molecule has 0 bridgehead atoms. The third kappa shape index (κ3) is 3.17. The third-order valence-electron chi connectivity index (χ3n) is 2.22. The van der Waals surface area contributed by atoms with Gasteiger partial charge in [0, 0.05) is 16.5 Å². The van der Waals surface area contributed by atoms with Crippen molar-refractivity contribution < 1.29 is 9.53 Å². The molecule has 0 spiro atoms. The van der Waals surface area contributed by atoms with Crippen molar-refractivity contribution in [2.24, 2.45) is 0 Å². The molecular weight excluding hydrogens is 272 g/mol. The normalized spacial score (nSPS) is 19.4. The Morgan fingerprint density at radius 3 is 2.44 bits per heavy atom. The van der Waals surface area contributed by atoms with Crippen LogP contribution in [0, 0.1) is 0 Å². The zero-order valence-electron chi connectivity index (χ0n) is 8.20. The number of amides is 1. The summed E-state index contributed by atoms with van der Waals surface area (Å²) in [5, 5.41) is 3.84. The Labute approximate surface area is 109 Å². The van der Waals surface area contributed by atoms with Crippen LogP contribution in [0.5, 0.6) is 0 Å². The number of carbonyl (C=O) groups is 1. The summed E-state index contributed by atoms with van der Waals surface area (Å²) in [6.07, 6.45) is 0.324. The lowest BCUT2D eigenvalue weighted by Crippen LogP contribution is -2.35. The van der Waals surface area contributed by atoms with E-state index < -0.39 is 6.09 Å². The zero-order valence-corrected chi connectivity index (χ0v) is 10.5. The Bertz CT molecular complexity index is 377. The summed E-state index contributed by atoms with van der Waals surface area (Å²) < 4.78 is 4.77. The number of halogens is 3. The van der Waals surface area contributed by atoms with Crippen molar-refractivity contribution in [2.75, 3.05) is 6.61 Å². The number of carbonyl (C=O) groups excluding carboxylic acids is 1. The second-order valence-electron chi connectivity index (χ2n) is 3.32. The highest BCUT2D eigenvalue weighted by molar-refractivity contribution is 6.34. The molecule has 1 heterocycles. The second kappa shape index (κ2) is 5.62. The number of benzene rings is 1. The van der Waals surface area contributed by atoms with E-state index in [0.29, 0.717) is 16.7 Å². The topological polar surface area (TPSA) is 38.3 Å². The van der Waals surface area contributed by atoms with Crippen LogP contribution in [0.25, 0.3) is 0 Å². The smallest absolute Gasteiger partial charge is 0.407 e. The van der Waals surface area contributed by atoms with Gasteiger partial charge in [-0.15, -0.1) is 12.4 Å². The maximum absolute atomic E-state index is 11.0. The summed E-state index contributed by atoms with van der Waals surface area (Å²) in [6, 6.07) is 5.18. The lowest BCUT2D eigenvalue weighted by atomic mass is 10.0. The van der Waals surface area contributed by atoms with Crippen LogP contribution >= 0.6 is 35.6 Å². The summed E-state index contributed by atoms with van der Waals surface area (Å²) in [6.45, 7) is 0.417. The number of cyclic esters (lactones) is 1. The number of hydrogen-bond acceptors (Lipinski definition) is 2. The van der Waals surface area contributed by atoms with Gasteiger partial charge in [0.05, 0.1) is 12.6 Å². The molecule has 1 atom stereocenters. The van der Waals surface area contributed by atoms with Gasteiger partial charge in [0.2, 0.25) is 0 Å². The molecule has 2 rings (SSSR count). The highest BCUT2D eigenvalue weighted by Gasteiger charge is 2.21. The lowest BCUT2D eigenvalue weighted by Gasteiger charge is -2.23. The first kappa shape index (κ1) is 13.4. The van der Waals surface area contributed by atoms with E-state index in [1.807, 2.05) is 0 Å². The average molecular weight is 283 g/mol. The van der Waals surface area contributed by atoms with Gasteiger partial charge in [0.15, 0.2) is 0 Å². The first-order valence-electron chi connectivity index (χ1n) is 4.54. The molecule has 3 nitrogen and oxygen atoms in total. The van der Waals surface area contributed by atoms with Gasteiger partial charge in [-0.05, 0) is 23.8 Å². The molecule has 0 aromatic heterocycles. The van der Waals surface area contributed by atoms with E-state index in [-0.39, 0.29) is 18.4 Å². The molecule has 6 heteroatoms. The van der Waals surface area contributed by atoms with Crippen molar-refractivity contribution in [1.82, 2.24) is 5.32 Å². The van der Waals surface area contributed by atoms with E-state index in [1.165, 1.54) is 0 Å². The maximum atomic E-state index is 11.0. The van der Waals surface area contributed by atoms with Crippen LogP contribution in [0.3, 0.4) is 0 Å². The molecule has 1 aliphatic rings. The van der Waals surface area contributed by atoms with Crippen molar-refractivity contribution in [1.29, 1.82) is 0 Å². The highest BCUT2D eigenvalue weighted by atomic mass is 35.5. The van der Waals surface area contributed by atoms with Gasteiger partial charge < -0.3 is 10.1 Å². The fraction of sp³-hybridized carbons (Fsp3) is 0.300. The molecule has 16 heavy (non-hydrogen) atoms. The minimum absolute atomic E-state index is 0. The number of nitrogens with one attached hydrogen (secondary N) is 1. The first-order chi connectivity index (χ1) is 7.15. The van der Waals surface area contributed by atoms with E-state index >= 15 is 0 Å². The largest absolute Gasteiger partial charge is 0.449 e. The molecule has 0 aliphatic carbocycles. The zero-order chi connectivity index (χ0) is 10.8. The summed E-state index contributed by atoms with van der Waals surface area (Å²) in [5.41, 5.74) is 0.907. The van der Waals surface area contributed by atoms with Gasteiger partial charge >= 0.3 is 6.09 Å². The molecule has 1 aromatic rings. The van der Waals surface area contributed by atoms with Crippen LogP contribution in [0.15, 0.2) is 18.2 Å². The molecular formula is C10H10Cl3NO2. The van der Waals surface area contributed by atoms with E-state index in [0.717, 1.165) is 12.0 Å². The fourth-order valence-corrected chi connectivity index (χ4v) is 2.09. The Morgan fingerprint density at radius 1 is 1.25 bits per heavy atom. The van der Waals surface area contributed by atoms with Gasteiger partial charge in [-0.3, -0.25) is 0 Å². The summed E-state index contributed by atoms with van der Waals surface area (Å²) in [7, 11) is 0. The Hall–Kier alpha value is -0.640. The molecule has 0 radical (unpaired) electrons. The van der Waals surface area contributed by atoms with E-state index in [2.05, 4.69) is 5.32 Å². The van der Waals surface area contributed by atoms with Crippen LogP contribution < -0.4 is 5.32 Å². The molecule has 1 aromatic carbocycles. The number of alkyl carbamates (subject to hydrolysis) is 1. The van der Waals surface area contributed by atoms with Crippen molar-refractivity contribution in [3.05, 3.63) is 33.8 Å². The van der Waals surface area contributed by atoms with Gasteiger partial charge in [0.25, 0.3) is 0 Å². The third-order valence-corrected chi connectivity index (χ3v) is 2.66.